The Kier molecular flexibility index (Phi) is 6.75. The highest BCUT2D eigenvalue weighted by atomic mass is 16.1. The summed E-state index contributed by atoms with van der Waals surface area (Å²) >= 11 is 0. The smallest absolute Gasteiger partial charge is 0.220 e. The Balaban J connectivity index is 3.85. The molecule has 0 aliphatic rings. The number of carbonyl (C=O) groups excluding carboxylic acids is 2. The van der Waals surface area contributed by atoms with Crippen molar-refractivity contribution in [3.8, 4) is 0 Å². The van der Waals surface area contributed by atoms with Crippen molar-refractivity contribution in [2.75, 3.05) is 0 Å². The van der Waals surface area contributed by atoms with Crippen molar-refractivity contribution in [2.24, 2.45) is 23.3 Å². The molecule has 0 spiro atoms. The van der Waals surface area contributed by atoms with Crippen LogP contribution in [-0.2, 0) is 9.59 Å². The molecule has 0 bridgehead atoms. The van der Waals surface area contributed by atoms with Crippen LogP contribution in [0.4, 0.5) is 0 Å². The van der Waals surface area contributed by atoms with Crippen molar-refractivity contribution in [3.63, 3.8) is 0 Å². The van der Waals surface area contributed by atoms with Crippen molar-refractivity contribution in [1.29, 1.82) is 0 Å². The van der Waals surface area contributed by atoms with Crippen LogP contribution in [0, 0.1) is 11.8 Å². The van der Waals surface area contributed by atoms with Gasteiger partial charge in [0.15, 0.2) is 0 Å². The predicted octanol–water partition coefficient (Wildman–Crippen LogP) is 1.18. The zero-order valence-corrected chi connectivity index (χ0v) is 9.66. The largest absolute Gasteiger partial charge is 0.369 e. The maximum atomic E-state index is 10.9. The minimum absolute atomic E-state index is 0.0598. The average molecular weight is 214 g/mol. The van der Waals surface area contributed by atoms with E-state index < -0.39 is 0 Å². The van der Waals surface area contributed by atoms with E-state index in [2.05, 4.69) is 0 Å². The van der Waals surface area contributed by atoms with Gasteiger partial charge in [-0.3, -0.25) is 9.59 Å². The molecule has 4 heteroatoms. The normalized spacial score (nSPS) is 14.5. The Morgan fingerprint density at radius 3 is 1.47 bits per heavy atom. The minimum Gasteiger partial charge on any atom is -0.369 e. The number of hydrogen-bond donors (Lipinski definition) is 2. The molecule has 0 heterocycles. The number of hydrogen-bond acceptors (Lipinski definition) is 2. The van der Waals surface area contributed by atoms with Crippen molar-refractivity contribution in [3.05, 3.63) is 0 Å². The third-order valence-corrected chi connectivity index (χ3v) is 2.90. The van der Waals surface area contributed by atoms with Gasteiger partial charge >= 0.3 is 0 Å². The summed E-state index contributed by atoms with van der Waals surface area (Å²) in [4.78, 5) is 21.9. The second-order valence-electron chi connectivity index (χ2n) is 3.95. The molecule has 0 aliphatic carbocycles. The summed E-state index contributed by atoms with van der Waals surface area (Å²) < 4.78 is 0. The summed E-state index contributed by atoms with van der Waals surface area (Å²) in [6, 6.07) is 0. The van der Waals surface area contributed by atoms with Gasteiger partial charge in [0.1, 0.15) is 0 Å². The topological polar surface area (TPSA) is 86.2 Å². The fraction of sp³-hybridized carbons (Fsp3) is 0.818. The first-order valence-corrected chi connectivity index (χ1v) is 5.61. The van der Waals surface area contributed by atoms with Crippen LogP contribution in [-0.4, -0.2) is 11.8 Å². The summed E-state index contributed by atoms with van der Waals surface area (Å²) in [7, 11) is 0. The molecule has 0 saturated heterocycles. The highest BCUT2D eigenvalue weighted by Gasteiger charge is 2.16. The van der Waals surface area contributed by atoms with Gasteiger partial charge < -0.3 is 11.5 Å². The number of primary amides is 2. The highest BCUT2D eigenvalue weighted by Crippen LogP contribution is 2.17. The van der Waals surface area contributed by atoms with Crippen LogP contribution in [0.3, 0.4) is 0 Å². The first-order valence-electron chi connectivity index (χ1n) is 5.61. The van der Waals surface area contributed by atoms with Crippen LogP contribution in [0.5, 0.6) is 0 Å². The molecule has 0 aromatic carbocycles. The summed E-state index contributed by atoms with van der Waals surface area (Å²) in [5.41, 5.74) is 10.5. The fourth-order valence-corrected chi connectivity index (χ4v) is 1.71. The molecule has 2 amide bonds. The maximum Gasteiger partial charge on any atom is 0.220 e. The lowest BCUT2D eigenvalue weighted by molar-refractivity contribution is -0.122. The fourth-order valence-electron chi connectivity index (χ4n) is 1.71. The molecule has 4 N–H and O–H groups in total. The molecule has 0 aromatic heterocycles. The van der Waals surface area contributed by atoms with Crippen LogP contribution in [0.2, 0.25) is 0 Å². The molecule has 0 aliphatic heterocycles. The summed E-state index contributed by atoms with van der Waals surface area (Å²) in [6.45, 7) is 3.89. The quantitative estimate of drug-likeness (QED) is 0.635. The molecule has 0 radical (unpaired) electrons. The van der Waals surface area contributed by atoms with Crippen molar-refractivity contribution in [2.45, 2.75) is 46.0 Å². The molecule has 0 fully saturated rings. The predicted molar refractivity (Wildman–Crippen MR) is 59.8 cm³/mol. The Hall–Kier alpha value is -1.06. The van der Waals surface area contributed by atoms with Crippen LogP contribution in [0.25, 0.3) is 0 Å². The molecule has 15 heavy (non-hydrogen) atoms. The van der Waals surface area contributed by atoms with E-state index >= 15 is 0 Å². The van der Waals surface area contributed by atoms with E-state index in [9.17, 15) is 9.59 Å². The van der Waals surface area contributed by atoms with Crippen molar-refractivity contribution in [1.82, 2.24) is 0 Å². The summed E-state index contributed by atoms with van der Waals surface area (Å²) in [6.07, 6.45) is 3.89. The molecule has 0 aromatic rings. The van der Waals surface area contributed by atoms with Gasteiger partial charge in [0, 0.05) is 11.8 Å². The number of carbonyl (C=O) groups is 2. The van der Waals surface area contributed by atoms with E-state index in [-0.39, 0.29) is 23.7 Å². The monoisotopic (exact) mass is 214 g/mol. The highest BCUT2D eigenvalue weighted by molar-refractivity contribution is 5.77. The number of nitrogens with two attached hydrogens (primary N) is 2. The van der Waals surface area contributed by atoms with Crippen LogP contribution >= 0.6 is 0 Å². The Morgan fingerprint density at radius 1 is 0.933 bits per heavy atom. The van der Waals surface area contributed by atoms with Crippen molar-refractivity contribution < 1.29 is 9.59 Å². The standard InChI is InChI=1S/C11H22N2O2/c1-3-8(10(12)14)6-5-7-9(4-2)11(13)15/h8-9H,3-7H2,1-2H3,(H2,12,14)(H2,13,15). The third kappa shape index (κ3) is 5.40. The summed E-state index contributed by atoms with van der Waals surface area (Å²) in [5.74, 6) is -0.611. The first kappa shape index (κ1) is 13.9. The van der Waals surface area contributed by atoms with E-state index in [1.54, 1.807) is 0 Å². The number of amides is 2. The van der Waals surface area contributed by atoms with E-state index in [0.717, 1.165) is 32.1 Å². The lowest BCUT2D eigenvalue weighted by Crippen LogP contribution is -2.24. The molecule has 0 saturated carbocycles. The van der Waals surface area contributed by atoms with Crippen molar-refractivity contribution >= 4 is 11.8 Å². The molecule has 2 unspecified atom stereocenters. The SMILES string of the molecule is CCC(CCCC(CC)C(N)=O)C(N)=O. The Morgan fingerprint density at radius 2 is 1.27 bits per heavy atom. The Labute approximate surface area is 91.4 Å². The molecular weight excluding hydrogens is 192 g/mol. The van der Waals surface area contributed by atoms with Gasteiger partial charge in [0.25, 0.3) is 0 Å². The number of rotatable bonds is 8. The van der Waals surface area contributed by atoms with Crippen LogP contribution in [0.1, 0.15) is 46.0 Å². The van der Waals surface area contributed by atoms with E-state index in [4.69, 9.17) is 11.5 Å². The average Bonchev–Trinajstić information content (AvgIpc) is 2.17. The third-order valence-electron chi connectivity index (χ3n) is 2.90. The van der Waals surface area contributed by atoms with Gasteiger partial charge in [-0.25, -0.2) is 0 Å². The maximum absolute atomic E-state index is 10.9. The first-order chi connectivity index (χ1) is 7.02. The van der Waals surface area contributed by atoms with Crippen LogP contribution in [0.15, 0.2) is 0 Å². The lowest BCUT2D eigenvalue weighted by atomic mass is 9.93. The zero-order chi connectivity index (χ0) is 11.8. The van der Waals surface area contributed by atoms with Gasteiger partial charge in [-0.1, -0.05) is 20.3 Å². The van der Waals surface area contributed by atoms with E-state index in [0.29, 0.717) is 0 Å². The molecular formula is C11H22N2O2. The Bertz CT molecular complexity index is 195. The van der Waals surface area contributed by atoms with Gasteiger partial charge in [-0.05, 0) is 25.7 Å². The van der Waals surface area contributed by atoms with Gasteiger partial charge in [0.2, 0.25) is 11.8 Å². The molecule has 2 atom stereocenters. The zero-order valence-electron chi connectivity index (χ0n) is 9.66. The second kappa shape index (κ2) is 7.26. The summed E-state index contributed by atoms with van der Waals surface area (Å²) in [5, 5.41) is 0. The molecule has 0 rings (SSSR count). The van der Waals surface area contributed by atoms with E-state index in [1.807, 2.05) is 13.8 Å². The van der Waals surface area contributed by atoms with E-state index in [1.165, 1.54) is 0 Å². The van der Waals surface area contributed by atoms with Gasteiger partial charge in [-0.2, -0.15) is 0 Å². The minimum atomic E-state index is -0.246. The molecule has 4 nitrogen and oxygen atoms in total. The van der Waals surface area contributed by atoms with Gasteiger partial charge in [-0.15, -0.1) is 0 Å². The molecule has 88 valence electrons. The second-order valence-corrected chi connectivity index (χ2v) is 3.95. The van der Waals surface area contributed by atoms with Gasteiger partial charge in [0.05, 0.1) is 0 Å². The lowest BCUT2D eigenvalue weighted by Gasteiger charge is -2.13. The van der Waals surface area contributed by atoms with Crippen LogP contribution < -0.4 is 11.5 Å².